The van der Waals surface area contributed by atoms with Gasteiger partial charge in [-0.1, -0.05) is 6.07 Å². The second-order valence-corrected chi connectivity index (χ2v) is 10.2. The molecule has 1 aromatic heterocycles. The number of halogens is 2. The molecule has 0 aromatic carbocycles. The predicted molar refractivity (Wildman–Crippen MR) is 115 cm³/mol. The fourth-order valence-corrected chi connectivity index (χ4v) is 6.62. The number of hydrogen-bond acceptors (Lipinski definition) is 4. The monoisotopic (exact) mass is 432 g/mol. The number of likely N-dealkylation sites (tertiary alicyclic amines) is 1. The molecule has 2 N–H and O–H groups in total. The van der Waals surface area contributed by atoms with Crippen molar-refractivity contribution in [2.45, 2.75) is 75.8 Å². The summed E-state index contributed by atoms with van der Waals surface area (Å²) in [5, 5.41) is 7.01. The first kappa shape index (κ1) is 21.3. The zero-order valence-corrected chi connectivity index (χ0v) is 18.4. The summed E-state index contributed by atoms with van der Waals surface area (Å²) < 4.78 is 27.5. The molecule has 7 heteroatoms. The van der Waals surface area contributed by atoms with E-state index in [0.29, 0.717) is 19.4 Å². The number of amides is 1. The van der Waals surface area contributed by atoms with Gasteiger partial charge in [0.25, 0.3) is 0 Å². The van der Waals surface area contributed by atoms with Crippen LogP contribution in [-0.2, 0) is 16.8 Å². The molecule has 31 heavy (non-hydrogen) atoms. The number of alkyl halides is 2. The Morgan fingerprint density at radius 3 is 2.71 bits per heavy atom. The molecule has 5 rings (SSSR count). The van der Waals surface area contributed by atoms with Crippen molar-refractivity contribution in [2.24, 2.45) is 11.8 Å². The molecule has 1 aromatic rings. The molecule has 0 bridgehead atoms. The van der Waals surface area contributed by atoms with Gasteiger partial charge in [-0.15, -0.1) is 0 Å². The van der Waals surface area contributed by atoms with Crippen LogP contribution >= 0.6 is 0 Å². The van der Waals surface area contributed by atoms with E-state index < -0.39 is 5.92 Å². The molecule has 0 unspecified atom stereocenters. The number of rotatable bonds is 2. The summed E-state index contributed by atoms with van der Waals surface area (Å²) in [6.07, 6.45) is 4.04. The number of piperidine rings is 1. The lowest BCUT2D eigenvalue weighted by atomic mass is 9.69. The fourth-order valence-electron chi connectivity index (χ4n) is 6.62. The quantitative estimate of drug-likeness (QED) is 0.754. The van der Waals surface area contributed by atoms with E-state index in [4.69, 9.17) is 4.98 Å². The van der Waals surface area contributed by atoms with E-state index in [0.717, 1.165) is 56.8 Å². The van der Waals surface area contributed by atoms with Crippen LogP contribution < -0.4 is 10.6 Å². The van der Waals surface area contributed by atoms with Gasteiger partial charge >= 0.3 is 0 Å². The number of fused-ring (bicyclic) bond motifs is 2. The van der Waals surface area contributed by atoms with Crippen molar-refractivity contribution < 1.29 is 13.6 Å². The van der Waals surface area contributed by atoms with Crippen LogP contribution in [0.5, 0.6) is 0 Å². The third-order valence-corrected chi connectivity index (χ3v) is 8.27. The van der Waals surface area contributed by atoms with Crippen LogP contribution in [0, 0.1) is 18.8 Å². The molecule has 5 nitrogen and oxygen atoms in total. The number of aryl methyl sites for hydroxylation is 1. The summed E-state index contributed by atoms with van der Waals surface area (Å²) in [5.41, 5.74) is 2.97. The minimum absolute atomic E-state index is 0.0343. The van der Waals surface area contributed by atoms with Gasteiger partial charge in [0, 0.05) is 62.7 Å². The van der Waals surface area contributed by atoms with Crippen LogP contribution in [0.2, 0.25) is 0 Å². The van der Waals surface area contributed by atoms with E-state index in [1.807, 2.05) is 6.92 Å². The summed E-state index contributed by atoms with van der Waals surface area (Å²) in [6, 6.07) is 4.34. The van der Waals surface area contributed by atoms with Crippen LogP contribution in [0.4, 0.5) is 8.78 Å². The summed E-state index contributed by atoms with van der Waals surface area (Å²) in [4.78, 5) is 20.9. The molecule has 4 aliphatic rings. The van der Waals surface area contributed by atoms with Gasteiger partial charge in [-0.05, 0) is 56.6 Å². The van der Waals surface area contributed by atoms with E-state index in [9.17, 15) is 13.6 Å². The average molecular weight is 433 g/mol. The third kappa shape index (κ3) is 3.78. The number of hydrogen-bond donors (Lipinski definition) is 2. The van der Waals surface area contributed by atoms with Gasteiger partial charge in [0.1, 0.15) is 0 Å². The Morgan fingerprint density at radius 2 is 1.90 bits per heavy atom. The first-order valence-corrected chi connectivity index (χ1v) is 12.0. The number of nitrogens with zero attached hydrogens (tertiary/aromatic N) is 2. The highest BCUT2D eigenvalue weighted by Crippen LogP contribution is 2.44. The van der Waals surface area contributed by atoms with Crippen molar-refractivity contribution in [1.82, 2.24) is 20.5 Å². The summed E-state index contributed by atoms with van der Waals surface area (Å²) in [7, 11) is 0. The highest BCUT2D eigenvalue weighted by Gasteiger charge is 2.53. The van der Waals surface area contributed by atoms with Crippen LogP contribution in [-0.4, -0.2) is 53.9 Å². The van der Waals surface area contributed by atoms with Crippen molar-refractivity contribution in [3.8, 4) is 0 Å². The van der Waals surface area contributed by atoms with Gasteiger partial charge in [0.15, 0.2) is 0 Å². The average Bonchev–Trinajstić information content (AvgIpc) is 3.17. The molecule has 170 valence electrons. The minimum atomic E-state index is -2.53. The number of pyridine rings is 1. The Kier molecular flexibility index (Phi) is 5.53. The van der Waals surface area contributed by atoms with Gasteiger partial charge in [-0.3, -0.25) is 9.78 Å². The van der Waals surface area contributed by atoms with Gasteiger partial charge in [-0.25, -0.2) is 8.78 Å². The van der Waals surface area contributed by atoms with E-state index >= 15 is 0 Å². The first-order chi connectivity index (χ1) is 14.9. The molecule has 3 fully saturated rings. The Balaban J connectivity index is 1.41. The van der Waals surface area contributed by atoms with Crippen LogP contribution in [0.3, 0.4) is 0 Å². The Labute approximate surface area is 183 Å². The lowest BCUT2D eigenvalue weighted by Gasteiger charge is -2.46. The Morgan fingerprint density at radius 1 is 1.13 bits per heavy atom. The van der Waals surface area contributed by atoms with E-state index in [-0.39, 0.29) is 42.0 Å². The molecular formula is C24H34F2N4O. The van der Waals surface area contributed by atoms with Crippen molar-refractivity contribution in [3.05, 3.63) is 29.1 Å². The summed E-state index contributed by atoms with van der Waals surface area (Å²) >= 11 is 0. The highest BCUT2D eigenvalue weighted by molar-refractivity contribution is 5.82. The summed E-state index contributed by atoms with van der Waals surface area (Å²) in [5.74, 6) is -2.26. The van der Waals surface area contributed by atoms with E-state index in [2.05, 4.69) is 27.7 Å². The molecule has 4 heterocycles. The maximum Gasteiger partial charge on any atom is 0.248 e. The van der Waals surface area contributed by atoms with Crippen molar-refractivity contribution >= 4 is 5.91 Å². The number of carbonyl (C=O) groups is 1. The zero-order chi connectivity index (χ0) is 21.6. The van der Waals surface area contributed by atoms with Gasteiger partial charge in [0.05, 0.1) is 11.6 Å². The molecule has 3 atom stereocenters. The number of nitrogens with one attached hydrogen (secondary N) is 2. The lowest BCUT2D eigenvalue weighted by Crippen LogP contribution is -2.57. The van der Waals surface area contributed by atoms with Crippen molar-refractivity contribution in [3.63, 3.8) is 0 Å². The van der Waals surface area contributed by atoms with Gasteiger partial charge in [0.2, 0.25) is 11.8 Å². The number of carbonyl (C=O) groups excluding carboxylic acids is 1. The molecule has 0 radical (unpaired) electrons. The van der Waals surface area contributed by atoms with Gasteiger partial charge in [-0.2, -0.15) is 0 Å². The summed E-state index contributed by atoms with van der Waals surface area (Å²) in [6.45, 7) is 5.70. The van der Waals surface area contributed by atoms with E-state index in [1.54, 1.807) is 0 Å². The Bertz CT molecular complexity index is 837. The molecule has 2 saturated heterocycles. The normalized spacial score (nSPS) is 33.5. The van der Waals surface area contributed by atoms with Gasteiger partial charge < -0.3 is 15.5 Å². The molecular weight excluding hydrogens is 398 g/mol. The standard InChI is InChI=1S/C24H34F2N4O/c1-16-5-6-18-20(29-16)13-28-15-23(18)14-27-12-19(23)22(31)30-11-3-2-4-21(30)17-7-9-24(25,26)10-8-17/h5-6,17,19,21,27-28H,2-4,7-15H2,1H3/t19-,21-,23+/m0/s1. The lowest BCUT2D eigenvalue weighted by molar-refractivity contribution is -0.143. The second-order valence-electron chi connectivity index (χ2n) is 10.2. The number of aromatic nitrogens is 1. The Hall–Kier alpha value is -1.60. The maximum absolute atomic E-state index is 14.0. The van der Waals surface area contributed by atoms with Crippen LogP contribution in [0.25, 0.3) is 0 Å². The topological polar surface area (TPSA) is 57.3 Å². The molecule has 1 spiro atoms. The van der Waals surface area contributed by atoms with Crippen LogP contribution in [0.1, 0.15) is 61.9 Å². The molecule has 1 aliphatic carbocycles. The zero-order valence-electron chi connectivity index (χ0n) is 18.4. The SMILES string of the molecule is Cc1ccc2c(n1)CNC[C@]21CNC[C@H]1C(=O)N1CCCC[C@H]1C1CCC(F)(F)CC1. The first-order valence-electron chi connectivity index (χ1n) is 12.0. The predicted octanol–water partition coefficient (Wildman–Crippen LogP) is 3.16. The minimum Gasteiger partial charge on any atom is -0.339 e. The molecule has 1 saturated carbocycles. The fraction of sp³-hybridized carbons (Fsp3) is 0.750. The van der Waals surface area contributed by atoms with E-state index in [1.165, 1.54) is 5.56 Å². The van der Waals surface area contributed by atoms with Crippen LogP contribution in [0.15, 0.2) is 12.1 Å². The van der Waals surface area contributed by atoms with Crippen molar-refractivity contribution in [2.75, 3.05) is 26.2 Å². The molecule has 1 amide bonds. The molecule has 3 aliphatic heterocycles. The largest absolute Gasteiger partial charge is 0.339 e. The highest BCUT2D eigenvalue weighted by atomic mass is 19.3. The third-order valence-electron chi connectivity index (χ3n) is 8.27. The second kappa shape index (κ2) is 8.07. The smallest absolute Gasteiger partial charge is 0.248 e. The maximum atomic E-state index is 14.0. The van der Waals surface area contributed by atoms with Crippen molar-refractivity contribution in [1.29, 1.82) is 0 Å².